The van der Waals surface area contributed by atoms with Crippen molar-refractivity contribution in [2.45, 2.75) is 77.0 Å². The Kier molecular flexibility index (Phi) is 5.08. The van der Waals surface area contributed by atoms with Crippen LogP contribution in [-0.4, -0.2) is 42.3 Å². The molecule has 2 unspecified atom stereocenters. The lowest BCUT2D eigenvalue weighted by atomic mass is 9.96. The summed E-state index contributed by atoms with van der Waals surface area (Å²) in [6.07, 6.45) is 6.65. The molecule has 0 aromatic rings. The Morgan fingerprint density at radius 2 is 2.05 bits per heavy atom. The van der Waals surface area contributed by atoms with Crippen molar-refractivity contribution in [2.75, 3.05) is 13.7 Å². The summed E-state index contributed by atoms with van der Waals surface area (Å²) in [6.45, 7) is 7.17. The highest BCUT2D eigenvalue weighted by Gasteiger charge is 2.53. The molecule has 0 bridgehead atoms. The number of carbonyl (C=O) groups excluding carboxylic acids is 1. The first kappa shape index (κ1) is 15.8. The summed E-state index contributed by atoms with van der Waals surface area (Å²) in [4.78, 5) is 15.2. The van der Waals surface area contributed by atoms with Crippen molar-refractivity contribution in [1.29, 1.82) is 0 Å². The van der Waals surface area contributed by atoms with Crippen molar-refractivity contribution in [3.63, 3.8) is 0 Å². The summed E-state index contributed by atoms with van der Waals surface area (Å²) < 4.78 is 5.38. The van der Waals surface area contributed by atoms with Gasteiger partial charge in [0.1, 0.15) is 0 Å². The van der Waals surface area contributed by atoms with Gasteiger partial charge in [-0.3, -0.25) is 10.1 Å². The molecule has 1 spiro atoms. The standard InChI is InChI=1S/C16H30N2O2/c1-5-8-14-17-16(9-6-7-10-16)15(19)18(14)13(11-20-4)12(2)3/h12-14,17H,5-11H2,1-4H3. The van der Waals surface area contributed by atoms with Crippen molar-refractivity contribution in [1.82, 2.24) is 10.2 Å². The van der Waals surface area contributed by atoms with E-state index >= 15 is 0 Å². The van der Waals surface area contributed by atoms with Crippen molar-refractivity contribution in [3.8, 4) is 0 Å². The fraction of sp³-hybridized carbons (Fsp3) is 0.938. The molecule has 2 fully saturated rings. The number of hydrogen-bond donors (Lipinski definition) is 1. The van der Waals surface area contributed by atoms with E-state index in [4.69, 9.17) is 4.74 Å². The number of amides is 1. The van der Waals surface area contributed by atoms with Crippen molar-refractivity contribution in [2.24, 2.45) is 5.92 Å². The third-order valence-electron chi connectivity index (χ3n) is 4.91. The molecule has 1 amide bonds. The van der Waals surface area contributed by atoms with Crippen LogP contribution in [0.1, 0.15) is 59.3 Å². The van der Waals surface area contributed by atoms with E-state index in [0.717, 1.165) is 25.7 Å². The maximum absolute atomic E-state index is 13.0. The lowest BCUT2D eigenvalue weighted by Gasteiger charge is -2.35. The lowest BCUT2D eigenvalue weighted by Crippen LogP contribution is -2.49. The van der Waals surface area contributed by atoms with E-state index in [1.165, 1.54) is 12.8 Å². The molecular formula is C16H30N2O2. The average Bonchev–Trinajstić information content (AvgIpc) is 2.96. The van der Waals surface area contributed by atoms with E-state index in [0.29, 0.717) is 18.4 Å². The topological polar surface area (TPSA) is 41.6 Å². The zero-order chi connectivity index (χ0) is 14.8. The summed E-state index contributed by atoms with van der Waals surface area (Å²) in [5.74, 6) is 0.737. The van der Waals surface area contributed by atoms with Crippen LogP contribution in [0.4, 0.5) is 0 Å². The molecule has 4 heteroatoms. The molecule has 2 rings (SSSR count). The van der Waals surface area contributed by atoms with Crippen LogP contribution in [0, 0.1) is 5.92 Å². The monoisotopic (exact) mass is 282 g/mol. The highest BCUT2D eigenvalue weighted by atomic mass is 16.5. The van der Waals surface area contributed by atoms with Crippen LogP contribution >= 0.6 is 0 Å². The third-order valence-corrected chi connectivity index (χ3v) is 4.91. The molecule has 1 aliphatic carbocycles. The Bertz CT molecular complexity index is 337. The molecule has 0 aromatic heterocycles. The van der Waals surface area contributed by atoms with E-state index in [1.807, 2.05) is 0 Å². The molecule has 0 aromatic carbocycles. The number of hydrogen-bond acceptors (Lipinski definition) is 3. The van der Waals surface area contributed by atoms with Crippen LogP contribution in [0.2, 0.25) is 0 Å². The molecule has 1 aliphatic heterocycles. The second-order valence-corrected chi connectivity index (χ2v) is 6.72. The predicted molar refractivity (Wildman–Crippen MR) is 80.4 cm³/mol. The highest BCUT2D eigenvalue weighted by molar-refractivity contribution is 5.89. The third kappa shape index (κ3) is 2.73. The predicted octanol–water partition coefficient (Wildman–Crippen LogP) is 2.53. The normalized spacial score (nSPS) is 26.9. The first-order valence-corrected chi connectivity index (χ1v) is 8.15. The minimum atomic E-state index is -0.263. The summed E-state index contributed by atoms with van der Waals surface area (Å²) in [7, 11) is 1.73. The Morgan fingerprint density at radius 1 is 1.40 bits per heavy atom. The summed E-state index contributed by atoms with van der Waals surface area (Å²) in [5.41, 5.74) is -0.263. The van der Waals surface area contributed by atoms with Gasteiger partial charge in [0.15, 0.2) is 0 Å². The van der Waals surface area contributed by atoms with E-state index in [1.54, 1.807) is 7.11 Å². The molecule has 4 nitrogen and oxygen atoms in total. The van der Waals surface area contributed by atoms with Gasteiger partial charge < -0.3 is 9.64 Å². The van der Waals surface area contributed by atoms with Crippen molar-refractivity contribution >= 4 is 5.91 Å². The van der Waals surface area contributed by atoms with Gasteiger partial charge in [0.05, 0.1) is 24.4 Å². The van der Waals surface area contributed by atoms with Crippen LogP contribution in [-0.2, 0) is 9.53 Å². The van der Waals surface area contributed by atoms with Crippen molar-refractivity contribution < 1.29 is 9.53 Å². The summed E-state index contributed by atoms with van der Waals surface area (Å²) >= 11 is 0. The number of ether oxygens (including phenoxy) is 1. The first-order chi connectivity index (χ1) is 9.55. The Labute approximate surface area is 123 Å². The van der Waals surface area contributed by atoms with Crippen LogP contribution in [0.3, 0.4) is 0 Å². The number of nitrogens with zero attached hydrogens (tertiary/aromatic N) is 1. The van der Waals surface area contributed by atoms with Gasteiger partial charge in [0.25, 0.3) is 0 Å². The molecule has 2 aliphatic rings. The van der Waals surface area contributed by atoms with Gasteiger partial charge in [-0.15, -0.1) is 0 Å². The van der Waals surface area contributed by atoms with Crippen molar-refractivity contribution in [3.05, 3.63) is 0 Å². The SMILES string of the molecule is CCCC1NC2(CCCC2)C(=O)N1C(COC)C(C)C. The van der Waals surface area contributed by atoms with Crippen LogP contribution < -0.4 is 5.32 Å². The van der Waals surface area contributed by atoms with E-state index in [-0.39, 0.29) is 17.7 Å². The molecular weight excluding hydrogens is 252 g/mol. The molecule has 2 atom stereocenters. The smallest absolute Gasteiger partial charge is 0.244 e. The van der Waals surface area contributed by atoms with Gasteiger partial charge in [0.2, 0.25) is 5.91 Å². The molecule has 116 valence electrons. The number of rotatable bonds is 6. The van der Waals surface area contributed by atoms with Gasteiger partial charge in [0, 0.05) is 7.11 Å². The Balaban J connectivity index is 2.24. The molecule has 1 saturated carbocycles. The fourth-order valence-corrected chi connectivity index (χ4v) is 3.81. The number of carbonyl (C=O) groups is 1. The molecule has 0 radical (unpaired) electrons. The van der Waals surface area contributed by atoms with Gasteiger partial charge in [-0.1, -0.05) is 40.0 Å². The molecule has 1 N–H and O–H groups in total. The minimum Gasteiger partial charge on any atom is -0.383 e. The second kappa shape index (κ2) is 6.44. The van der Waals surface area contributed by atoms with Crippen LogP contribution in [0.5, 0.6) is 0 Å². The van der Waals surface area contributed by atoms with E-state index in [9.17, 15) is 4.79 Å². The highest BCUT2D eigenvalue weighted by Crippen LogP contribution is 2.38. The fourth-order valence-electron chi connectivity index (χ4n) is 3.81. The van der Waals surface area contributed by atoms with Crippen LogP contribution in [0.15, 0.2) is 0 Å². The van der Waals surface area contributed by atoms with Gasteiger partial charge >= 0.3 is 0 Å². The zero-order valence-electron chi connectivity index (χ0n) is 13.4. The van der Waals surface area contributed by atoms with Crippen LogP contribution in [0.25, 0.3) is 0 Å². The Hall–Kier alpha value is -0.610. The minimum absolute atomic E-state index is 0.177. The van der Waals surface area contributed by atoms with E-state index < -0.39 is 0 Å². The maximum Gasteiger partial charge on any atom is 0.244 e. The van der Waals surface area contributed by atoms with Gasteiger partial charge in [-0.25, -0.2) is 0 Å². The molecule has 20 heavy (non-hydrogen) atoms. The summed E-state index contributed by atoms with van der Waals surface area (Å²) in [6, 6.07) is 0.177. The van der Waals surface area contributed by atoms with Gasteiger partial charge in [-0.2, -0.15) is 0 Å². The quantitative estimate of drug-likeness (QED) is 0.814. The zero-order valence-corrected chi connectivity index (χ0v) is 13.4. The average molecular weight is 282 g/mol. The van der Waals surface area contributed by atoms with E-state index in [2.05, 4.69) is 31.0 Å². The molecule has 1 heterocycles. The first-order valence-electron chi connectivity index (χ1n) is 8.15. The van der Waals surface area contributed by atoms with Gasteiger partial charge in [-0.05, 0) is 25.2 Å². The Morgan fingerprint density at radius 3 is 2.55 bits per heavy atom. The maximum atomic E-state index is 13.0. The molecule has 1 saturated heterocycles. The number of methoxy groups -OCH3 is 1. The number of nitrogens with one attached hydrogen (secondary N) is 1. The largest absolute Gasteiger partial charge is 0.383 e. The lowest BCUT2D eigenvalue weighted by molar-refractivity contribution is -0.137. The second-order valence-electron chi connectivity index (χ2n) is 6.72. The summed E-state index contributed by atoms with van der Waals surface area (Å²) in [5, 5.41) is 3.68.